The minimum atomic E-state index is -4.78. The van der Waals surface area contributed by atoms with Crippen molar-refractivity contribution in [2.75, 3.05) is 13.1 Å². The Morgan fingerprint density at radius 3 is 2.38 bits per heavy atom. The molecule has 0 radical (unpaired) electrons. The second-order valence-corrected chi connectivity index (χ2v) is 8.92. The highest BCUT2D eigenvalue weighted by atomic mass is 19.4. The Labute approximate surface area is 196 Å². The largest absolute Gasteiger partial charge is 0.573 e. The number of hydrogen-bond acceptors (Lipinski definition) is 4. The number of benzene rings is 2. The molecule has 1 heterocycles. The lowest BCUT2D eigenvalue weighted by Gasteiger charge is -2.28. The number of rotatable bonds is 8. The lowest BCUT2D eigenvalue weighted by molar-refractivity contribution is -0.274. The van der Waals surface area contributed by atoms with Crippen molar-refractivity contribution in [2.45, 2.75) is 56.0 Å². The molecule has 2 aliphatic rings. The van der Waals surface area contributed by atoms with E-state index in [-0.39, 0.29) is 23.6 Å². The molecule has 1 aliphatic heterocycles. The van der Waals surface area contributed by atoms with Crippen molar-refractivity contribution in [3.8, 4) is 5.75 Å². The van der Waals surface area contributed by atoms with Crippen molar-refractivity contribution >= 4 is 11.8 Å². The fourth-order valence-electron chi connectivity index (χ4n) is 4.38. The zero-order valence-corrected chi connectivity index (χ0v) is 18.7. The molecule has 6 nitrogen and oxygen atoms in total. The van der Waals surface area contributed by atoms with Crippen LogP contribution in [0.2, 0.25) is 0 Å². The number of nitrogens with one attached hydrogen (secondary N) is 3. The third-order valence-corrected chi connectivity index (χ3v) is 6.37. The summed E-state index contributed by atoms with van der Waals surface area (Å²) in [6, 6.07) is 14.1. The van der Waals surface area contributed by atoms with Crippen LogP contribution in [-0.2, 0) is 21.4 Å². The van der Waals surface area contributed by atoms with E-state index in [9.17, 15) is 22.8 Å². The van der Waals surface area contributed by atoms with Gasteiger partial charge in [-0.2, -0.15) is 0 Å². The first-order valence-corrected chi connectivity index (χ1v) is 11.5. The normalized spacial score (nSPS) is 20.1. The van der Waals surface area contributed by atoms with Gasteiger partial charge in [0, 0.05) is 19.0 Å². The highest BCUT2D eigenvalue weighted by Crippen LogP contribution is 2.49. The van der Waals surface area contributed by atoms with Gasteiger partial charge in [-0.05, 0) is 55.5 Å². The Balaban J connectivity index is 1.47. The Morgan fingerprint density at radius 1 is 1.09 bits per heavy atom. The average Bonchev–Trinajstić information content (AvgIpc) is 3.62. The zero-order valence-electron chi connectivity index (χ0n) is 18.7. The number of carbonyl (C=O) groups is 2. The van der Waals surface area contributed by atoms with E-state index >= 15 is 0 Å². The highest BCUT2D eigenvalue weighted by molar-refractivity contribution is 5.95. The van der Waals surface area contributed by atoms with Crippen LogP contribution in [-0.4, -0.2) is 43.3 Å². The second kappa shape index (κ2) is 10.0. The lowest BCUT2D eigenvalue weighted by atomic mass is 9.93. The molecular formula is C25H28F3N3O3. The van der Waals surface area contributed by atoms with Gasteiger partial charge in [0.2, 0.25) is 11.8 Å². The van der Waals surface area contributed by atoms with Crippen LogP contribution in [0.25, 0.3) is 0 Å². The van der Waals surface area contributed by atoms with Crippen LogP contribution < -0.4 is 20.7 Å². The number of carbonyl (C=O) groups excluding carboxylic acids is 2. The maximum absolute atomic E-state index is 13.3. The Morgan fingerprint density at radius 2 is 1.79 bits per heavy atom. The van der Waals surface area contributed by atoms with Gasteiger partial charge in [0.15, 0.2) is 0 Å². The van der Waals surface area contributed by atoms with E-state index in [0.717, 1.165) is 24.9 Å². The van der Waals surface area contributed by atoms with Crippen LogP contribution >= 0.6 is 0 Å². The van der Waals surface area contributed by atoms with Crippen molar-refractivity contribution < 1.29 is 27.5 Å². The van der Waals surface area contributed by atoms with Crippen LogP contribution in [0, 0.1) is 0 Å². The molecule has 2 aromatic rings. The van der Waals surface area contributed by atoms with Gasteiger partial charge in [-0.1, -0.05) is 42.5 Å². The van der Waals surface area contributed by atoms with E-state index in [1.807, 2.05) is 30.3 Å². The van der Waals surface area contributed by atoms with Gasteiger partial charge in [-0.25, -0.2) is 0 Å². The molecule has 34 heavy (non-hydrogen) atoms. The van der Waals surface area contributed by atoms with Crippen molar-refractivity contribution in [1.82, 2.24) is 16.0 Å². The molecule has 0 bridgehead atoms. The first-order chi connectivity index (χ1) is 16.2. The molecule has 0 spiro atoms. The summed E-state index contributed by atoms with van der Waals surface area (Å²) in [6.07, 6.45) is -1.47. The molecule has 4 rings (SSSR count). The number of amides is 2. The second-order valence-electron chi connectivity index (χ2n) is 8.92. The molecule has 0 aromatic heterocycles. The molecule has 2 unspecified atom stereocenters. The van der Waals surface area contributed by atoms with Crippen molar-refractivity contribution in [3.05, 3.63) is 65.7 Å². The van der Waals surface area contributed by atoms with Crippen LogP contribution in [0.1, 0.15) is 36.8 Å². The van der Waals surface area contributed by atoms with Gasteiger partial charge >= 0.3 is 6.36 Å². The SMILES string of the molecule is O=C(NC1CCCNC1)C(Cc1ccccc1)NC(=O)C1(c2ccc(OC(F)(F)F)cc2)CC1. The molecule has 1 saturated carbocycles. The van der Waals surface area contributed by atoms with E-state index < -0.39 is 17.8 Å². The van der Waals surface area contributed by atoms with E-state index in [4.69, 9.17) is 0 Å². The fraction of sp³-hybridized carbons (Fsp3) is 0.440. The van der Waals surface area contributed by atoms with Gasteiger partial charge < -0.3 is 20.7 Å². The van der Waals surface area contributed by atoms with E-state index in [0.29, 0.717) is 31.4 Å². The molecule has 182 valence electrons. The summed E-state index contributed by atoms with van der Waals surface area (Å²) in [5.74, 6) is -0.875. The van der Waals surface area contributed by atoms with Crippen molar-refractivity contribution in [1.29, 1.82) is 0 Å². The molecule has 1 aliphatic carbocycles. The Kier molecular flexibility index (Phi) is 7.11. The number of hydrogen-bond donors (Lipinski definition) is 3. The lowest BCUT2D eigenvalue weighted by Crippen LogP contribution is -2.55. The molecule has 2 amide bonds. The number of ether oxygens (including phenoxy) is 1. The van der Waals surface area contributed by atoms with Crippen LogP contribution in [0.15, 0.2) is 54.6 Å². The van der Waals surface area contributed by atoms with Crippen molar-refractivity contribution in [2.24, 2.45) is 0 Å². The van der Waals surface area contributed by atoms with E-state index in [1.54, 1.807) is 0 Å². The number of halogens is 3. The maximum Gasteiger partial charge on any atom is 0.573 e. The zero-order chi connectivity index (χ0) is 24.2. The van der Waals surface area contributed by atoms with Gasteiger partial charge in [0.05, 0.1) is 5.41 Å². The molecular weight excluding hydrogens is 447 g/mol. The summed E-state index contributed by atoms with van der Waals surface area (Å²) in [5, 5.41) is 9.23. The summed E-state index contributed by atoms with van der Waals surface area (Å²) >= 11 is 0. The standard InChI is InChI=1S/C25H28F3N3O3/c26-25(27,28)34-20-10-8-18(9-11-20)24(12-13-24)23(33)31-21(15-17-5-2-1-3-6-17)22(32)30-19-7-4-14-29-16-19/h1-3,5-6,8-11,19,21,29H,4,7,12-16H2,(H,30,32)(H,31,33). The first-order valence-electron chi connectivity index (χ1n) is 11.5. The topological polar surface area (TPSA) is 79.5 Å². The summed E-state index contributed by atoms with van der Waals surface area (Å²) in [5.41, 5.74) is 0.677. The van der Waals surface area contributed by atoms with Gasteiger partial charge in [-0.3, -0.25) is 9.59 Å². The van der Waals surface area contributed by atoms with Crippen LogP contribution in [0.5, 0.6) is 5.75 Å². The van der Waals surface area contributed by atoms with Gasteiger partial charge in [-0.15, -0.1) is 13.2 Å². The van der Waals surface area contributed by atoms with E-state index in [2.05, 4.69) is 20.7 Å². The molecule has 2 aromatic carbocycles. The summed E-state index contributed by atoms with van der Waals surface area (Å²) in [4.78, 5) is 26.5. The average molecular weight is 476 g/mol. The highest BCUT2D eigenvalue weighted by Gasteiger charge is 2.52. The third kappa shape index (κ3) is 6.08. The summed E-state index contributed by atoms with van der Waals surface area (Å²) in [7, 11) is 0. The molecule has 2 fully saturated rings. The first kappa shape index (κ1) is 24.1. The quantitative estimate of drug-likeness (QED) is 0.548. The summed E-state index contributed by atoms with van der Waals surface area (Å²) < 4.78 is 41.3. The number of alkyl halides is 3. The Hall–Kier alpha value is -3.07. The predicted octanol–water partition coefficient (Wildman–Crippen LogP) is 3.21. The Bertz CT molecular complexity index is 986. The third-order valence-electron chi connectivity index (χ3n) is 6.37. The van der Waals surface area contributed by atoms with Gasteiger partial charge in [0.1, 0.15) is 11.8 Å². The van der Waals surface area contributed by atoms with Gasteiger partial charge in [0.25, 0.3) is 0 Å². The maximum atomic E-state index is 13.3. The molecule has 1 saturated heterocycles. The van der Waals surface area contributed by atoms with Crippen LogP contribution in [0.3, 0.4) is 0 Å². The minimum Gasteiger partial charge on any atom is -0.406 e. The smallest absolute Gasteiger partial charge is 0.406 e. The molecule has 9 heteroatoms. The minimum absolute atomic E-state index is 0.00693. The summed E-state index contributed by atoms with van der Waals surface area (Å²) in [6.45, 7) is 1.61. The molecule has 3 N–H and O–H groups in total. The predicted molar refractivity (Wildman–Crippen MR) is 120 cm³/mol. The van der Waals surface area contributed by atoms with E-state index in [1.165, 1.54) is 24.3 Å². The fourth-order valence-corrected chi connectivity index (χ4v) is 4.38. The molecule has 2 atom stereocenters. The van der Waals surface area contributed by atoms with Crippen molar-refractivity contribution in [3.63, 3.8) is 0 Å². The van der Waals surface area contributed by atoms with Crippen LogP contribution in [0.4, 0.5) is 13.2 Å². The number of piperidine rings is 1. The monoisotopic (exact) mass is 475 g/mol.